The number of hydrogen-bond donors (Lipinski definition) is 1. The Hall–Kier alpha value is -1.19. The highest BCUT2D eigenvalue weighted by Crippen LogP contribution is 2.35. The first-order valence-electron chi connectivity index (χ1n) is 4.95. The van der Waals surface area contributed by atoms with Crippen LogP contribution >= 0.6 is 11.6 Å². The van der Waals surface area contributed by atoms with Gasteiger partial charge in [-0.3, -0.25) is 0 Å². The first-order chi connectivity index (χ1) is 7.72. The molecule has 0 aliphatic carbocycles. The predicted octanol–water partition coefficient (Wildman–Crippen LogP) is 2.63. The molecule has 0 fully saturated rings. The number of halogens is 1. The van der Waals surface area contributed by atoms with Crippen LogP contribution in [0, 0.1) is 0 Å². The quantitative estimate of drug-likeness (QED) is 0.614. The molecule has 0 saturated heterocycles. The minimum absolute atomic E-state index is 0.553. The summed E-state index contributed by atoms with van der Waals surface area (Å²) in [5.41, 5.74) is 1.05. The van der Waals surface area contributed by atoms with Crippen LogP contribution in [0.25, 0.3) is 0 Å². The number of ether oxygens (including phenoxy) is 2. The Balaban J connectivity index is 2.87. The summed E-state index contributed by atoms with van der Waals surface area (Å²) < 4.78 is 10.4. The Morgan fingerprint density at radius 2 is 2.12 bits per heavy atom. The molecule has 88 valence electrons. The zero-order valence-electron chi connectivity index (χ0n) is 9.55. The summed E-state index contributed by atoms with van der Waals surface area (Å²) in [5.74, 6) is 1.21. The summed E-state index contributed by atoms with van der Waals surface area (Å²) in [7, 11) is 3.16. The lowest BCUT2D eigenvalue weighted by Crippen LogP contribution is -2.12. The van der Waals surface area contributed by atoms with E-state index in [9.17, 15) is 0 Å². The molecule has 4 heteroatoms. The van der Waals surface area contributed by atoms with E-state index in [0.29, 0.717) is 23.1 Å². The smallest absolute Gasteiger partial charge is 0.179 e. The lowest BCUT2D eigenvalue weighted by Gasteiger charge is -2.11. The Morgan fingerprint density at radius 1 is 1.38 bits per heavy atom. The van der Waals surface area contributed by atoms with Crippen LogP contribution < -0.4 is 14.8 Å². The molecule has 0 spiro atoms. The predicted molar refractivity (Wildman–Crippen MR) is 66.5 cm³/mol. The van der Waals surface area contributed by atoms with E-state index in [1.807, 2.05) is 18.2 Å². The fraction of sp³-hybridized carbons (Fsp3) is 0.333. The first-order valence-corrected chi connectivity index (χ1v) is 5.32. The van der Waals surface area contributed by atoms with Crippen molar-refractivity contribution in [3.05, 3.63) is 35.4 Å². The maximum atomic E-state index is 6.07. The van der Waals surface area contributed by atoms with Crippen molar-refractivity contribution in [3.63, 3.8) is 0 Å². The molecule has 3 nitrogen and oxygen atoms in total. The molecule has 0 unspecified atom stereocenters. The fourth-order valence-electron chi connectivity index (χ4n) is 1.39. The molecule has 0 radical (unpaired) electrons. The second kappa shape index (κ2) is 6.40. The van der Waals surface area contributed by atoms with Gasteiger partial charge in [0.15, 0.2) is 11.5 Å². The second-order valence-electron chi connectivity index (χ2n) is 3.23. The Bertz CT molecular complexity index is 366. The van der Waals surface area contributed by atoms with Crippen molar-refractivity contribution in [1.82, 2.24) is 5.32 Å². The zero-order valence-corrected chi connectivity index (χ0v) is 10.3. The molecule has 0 heterocycles. The van der Waals surface area contributed by atoms with Gasteiger partial charge in [0, 0.05) is 13.1 Å². The molecule has 0 saturated carbocycles. The van der Waals surface area contributed by atoms with Gasteiger partial charge in [-0.05, 0) is 17.7 Å². The van der Waals surface area contributed by atoms with Crippen LogP contribution in [0.4, 0.5) is 0 Å². The number of benzene rings is 1. The van der Waals surface area contributed by atoms with Gasteiger partial charge >= 0.3 is 0 Å². The summed E-state index contributed by atoms with van der Waals surface area (Å²) in [5, 5.41) is 3.75. The first kappa shape index (κ1) is 12.9. The summed E-state index contributed by atoms with van der Waals surface area (Å²) in [6.45, 7) is 5.11. The van der Waals surface area contributed by atoms with Crippen LogP contribution in [0.2, 0.25) is 5.02 Å². The highest BCUT2D eigenvalue weighted by molar-refractivity contribution is 6.32. The third kappa shape index (κ3) is 3.15. The molecule has 0 aliphatic rings. The molecule has 1 aromatic carbocycles. The van der Waals surface area contributed by atoms with E-state index in [1.54, 1.807) is 14.2 Å². The molecule has 1 N–H and O–H groups in total. The van der Waals surface area contributed by atoms with E-state index in [1.165, 1.54) is 0 Å². The maximum absolute atomic E-state index is 6.07. The SMILES string of the molecule is C=CCNCc1cc(Cl)c(OC)c(OC)c1. The van der Waals surface area contributed by atoms with E-state index < -0.39 is 0 Å². The normalized spacial score (nSPS) is 9.94. The topological polar surface area (TPSA) is 30.5 Å². The lowest BCUT2D eigenvalue weighted by molar-refractivity contribution is 0.354. The number of nitrogens with one attached hydrogen (secondary N) is 1. The highest BCUT2D eigenvalue weighted by Gasteiger charge is 2.10. The third-order valence-electron chi connectivity index (χ3n) is 2.11. The minimum atomic E-state index is 0.553. The number of rotatable bonds is 6. The summed E-state index contributed by atoms with van der Waals surface area (Å²) in [6.07, 6.45) is 1.81. The Kier molecular flexibility index (Phi) is 5.15. The zero-order chi connectivity index (χ0) is 12.0. The van der Waals surface area contributed by atoms with Crippen molar-refractivity contribution in [2.24, 2.45) is 0 Å². The Labute approximate surface area is 101 Å². The van der Waals surface area contributed by atoms with Crippen LogP contribution in [-0.4, -0.2) is 20.8 Å². The van der Waals surface area contributed by atoms with Crippen molar-refractivity contribution in [1.29, 1.82) is 0 Å². The van der Waals surface area contributed by atoms with Crippen molar-refractivity contribution < 1.29 is 9.47 Å². The van der Waals surface area contributed by atoms with E-state index in [-0.39, 0.29) is 0 Å². The standard InChI is InChI=1S/C12H16ClNO2/c1-4-5-14-8-9-6-10(13)12(16-3)11(7-9)15-2/h4,6-7,14H,1,5,8H2,2-3H3. The van der Waals surface area contributed by atoms with Crippen LogP contribution in [0.15, 0.2) is 24.8 Å². The van der Waals surface area contributed by atoms with Gasteiger partial charge in [-0.2, -0.15) is 0 Å². The molecular formula is C12H16ClNO2. The lowest BCUT2D eigenvalue weighted by atomic mass is 10.2. The van der Waals surface area contributed by atoms with Crippen LogP contribution in [0.5, 0.6) is 11.5 Å². The van der Waals surface area contributed by atoms with Crippen molar-refractivity contribution in [2.45, 2.75) is 6.54 Å². The van der Waals surface area contributed by atoms with Crippen LogP contribution in [-0.2, 0) is 6.54 Å². The van der Waals surface area contributed by atoms with Gasteiger partial charge < -0.3 is 14.8 Å². The molecule has 0 bridgehead atoms. The van der Waals surface area contributed by atoms with E-state index in [4.69, 9.17) is 21.1 Å². The average molecular weight is 242 g/mol. The largest absolute Gasteiger partial charge is 0.493 e. The van der Waals surface area contributed by atoms with E-state index >= 15 is 0 Å². The molecule has 1 rings (SSSR count). The van der Waals surface area contributed by atoms with E-state index in [0.717, 1.165) is 12.1 Å². The van der Waals surface area contributed by atoms with Gasteiger partial charge in [0.2, 0.25) is 0 Å². The third-order valence-corrected chi connectivity index (χ3v) is 2.39. The molecular weight excluding hydrogens is 226 g/mol. The van der Waals surface area contributed by atoms with Gasteiger partial charge in [-0.15, -0.1) is 6.58 Å². The second-order valence-corrected chi connectivity index (χ2v) is 3.64. The molecule has 16 heavy (non-hydrogen) atoms. The summed E-state index contributed by atoms with van der Waals surface area (Å²) >= 11 is 6.07. The monoisotopic (exact) mass is 241 g/mol. The molecule has 0 aliphatic heterocycles. The summed E-state index contributed by atoms with van der Waals surface area (Å²) in [6, 6.07) is 3.76. The molecule has 0 amide bonds. The molecule has 1 aromatic rings. The van der Waals surface area contributed by atoms with Crippen LogP contribution in [0.1, 0.15) is 5.56 Å². The maximum Gasteiger partial charge on any atom is 0.179 e. The van der Waals surface area contributed by atoms with Crippen molar-refractivity contribution >= 4 is 11.6 Å². The van der Waals surface area contributed by atoms with Crippen molar-refractivity contribution in [3.8, 4) is 11.5 Å². The van der Waals surface area contributed by atoms with Gasteiger partial charge in [-0.25, -0.2) is 0 Å². The van der Waals surface area contributed by atoms with Crippen molar-refractivity contribution in [2.75, 3.05) is 20.8 Å². The molecule has 0 atom stereocenters. The van der Waals surface area contributed by atoms with Gasteiger partial charge in [-0.1, -0.05) is 17.7 Å². The summed E-state index contributed by atoms with van der Waals surface area (Å²) in [4.78, 5) is 0. The highest BCUT2D eigenvalue weighted by atomic mass is 35.5. The van der Waals surface area contributed by atoms with Gasteiger partial charge in [0.25, 0.3) is 0 Å². The number of hydrogen-bond acceptors (Lipinski definition) is 3. The Morgan fingerprint density at radius 3 is 2.69 bits per heavy atom. The minimum Gasteiger partial charge on any atom is -0.493 e. The van der Waals surface area contributed by atoms with Gasteiger partial charge in [0.05, 0.1) is 19.2 Å². The number of methoxy groups -OCH3 is 2. The fourth-order valence-corrected chi connectivity index (χ4v) is 1.70. The van der Waals surface area contributed by atoms with Crippen LogP contribution in [0.3, 0.4) is 0 Å². The average Bonchev–Trinajstić information content (AvgIpc) is 2.28. The molecule has 0 aromatic heterocycles. The van der Waals surface area contributed by atoms with E-state index in [2.05, 4.69) is 11.9 Å². The van der Waals surface area contributed by atoms with Gasteiger partial charge in [0.1, 0.15) is 0 Å².